The molecular weight excluding hydrogens is 212 g/mol. The van der Waals surface area contributed by atoms with Crippen LogP contribution in [0, 0.1) is 0 Å². The van der Waals surface area contributed by atoms with E-state index in [-0.39, 0.29) is 18.0 Å². The van der Waals surface area contributed by atoms with Gasteiger partial charge in [-0.3, -0.25) is 4.79 Å². The molecule has 0 saturated carbocycles. The van der Waals surface area contributed by atoms with Crippen LogP contribution in [0.1, 0.15) is 38.8 Å². The van der Waals surface area contributed by atoms with Gasteiger partial charge < -0.3 is 10.6 Å². The van der Waals surface area contributed by atoms with Crippen LogP contribution in [0.2, 0.25) is 0 Å². The normalized spacial score (nSPS) is 12.5. The topological polar surface area (TPSA) is 41.1 Å². The molecule has 0 unspecified atom stereocenters. The highest BCUT2D eigenvalue weighted by Crippen LogP contribution is 2.10. The number of amides is 1. The van der Waals surface area contributed by atoms with Crippen molar-refractivity contribution in [2.24, 2.45) is 0 Å². The van der Waals surface area contributed by atoms with Gasteiger partial charge in [-0.1, -0.05) is 30.3 Å². The molecule has 0 radical (unpaired) electrons. The molecule has 17 heavy (non-hydrogen) atoms. The minimum atomic E-state index is 0.104. The zero-order chi connectivity index (χ0) is 12.7. The summed E-state index contributed by atoms with van der Waals surface area (Å²) in [7, 11) is 0. The zero-order valence-corrected chi connectivity index (χ0v) is 10.9. The van der Waals surface area contributed by atoms with E-state index in [1.165, 1.54) is 5.56 Å². The third kappa shape index (κ3) is 5.50. The van der Waals surface area contributed by atoms with Crippen molar-refractivity contribution in [3.05, 3.63) is 35.9 Å². The maximum Gasteiger partial charge on any atom is 0.221 e. The largest absolute Gasteiger partial charge is 0.354 e. The summed E-state index contributed by atoms with van der Waals surface area (Å²) in [6.45, 7) is 6.75. The van der Waals surface area contributed by atoms with Crippen LogP contribution >= 0.6 is 0 Å². The summed E-state index contributed by atoms with van der Waals surface area (Å²) in [4.78, 5) is 11.4. The summed E-state index contributed by atoms with van der Waals surface area (Å²) in [5.74, 6) is 0.104. The van der Waals surface area contributed by atoms with Crippen LogP contribution in [0.4, 0.5) is 0 Å². The molecule has 94 valence electrons. The van der Waals surface area contributed by atoms with Crippen molar-refractivity contribution in [3.63, 3.8) is 0 Å². The lowest BCUT2D eigenvalue weighted by Crippen LogP contribution is -2.33. The molecule has 1 aromatic rings. The molecule has 0 aliphatic rings. The number of hydrogen-bond acceptors (Lipinski definition) is 2. The molecule has 2 N–H and O–H groups in total. The highest BCUT2D eigenvalue weighted by Gasteiger charge is 2.06. The van der Waals surface area contributed by atoms with E-state index in [9.17, 15) is 4.79 Å². The first-order chi connectivity index (χ1) is 8.09. The molecule has 1 aromatic carbocycles. The highest BCUT2D eigenvalue weighted by molar-refractivity contribution is 5.76. The Bertz CT molecular complexity index is 335. The molecule has 0 saturated heterocycles. The monoisotopic (exact) mass is 234 g/mol. The Morgan fingerprint density at radius 3 is 2.41 bits per heavy atom. The van der Waals surface area contributed by atoms with E-state index in [2.05, 4.69) is 29.7 Å². The first-order valence-corrected chi connectivity index (χ1v) is 6.17. The quantitative estimate of drug-likeness (QED) is 0.792. The fourth-order valence-corrected chi connectivity index (χ4v) is 1.66. The summed E-state index contributed by atoms with van der Waals surface area (Å²) >= 11 is 0. The van der Waals surface area contributed by atoms with Gasteiger partial charge in [0.2, 0.25) is 5.91 Å². The second-order valence-corrected chi connectivity index (χ2v) is 4.56. The summed E-state index contributed by atoms with van der Waals surface area (Å²) < 4.78 is 0. The lowest BCUT2D eigenvalue weighted by molar-refractivity contribution is -0.121. The van der Waals surface area contributed by atoms with Crippen LogP contribution in [-0.2, 0) is 4.79 Å². The van der Waals surface area contributed by atoms with Crippen LogP contribution in [-0.4, -0.2) is 18.5 Å². The van der Waals surface area contributed by atoms with Gasteiger partial charge in [0.25, 0.3) is 0 Å². The van der Waals surface area contributed by atoms with Crippen molar-refractivity contribution in [1.82, 2.24) is 10.6 Å². The fourth-order valence-electron chi connectivity index (χ4n) is 1.66. The Kier molecular flexibility index (Phi) is 5.70. The van der Waals surface area contributed by atoms with Gasteiger partial charge in [0, 0.05) is 25.0 Å². The second kappa shape index (κ2) is 7.07. The number of benzene rings is 1. The maximum atomic E-state index is 11.4. The minimum Gasteiger partial charge on any atom is -0.354 e. The van der Waals surface area contributed by atoms with E-state index in [1.54, 1.807) is 0 Å². The maximum absolute atomic E-state index is 11.4. The number of carbonyl (C=O) groups is 1. The Hall–Kier alpha value is -1.35. The minimum absolute atomic E-state index is 0.104. The van der Waals surface area contributed by atoms with Gasteiger partial charge in [-0.25, -0.2) is 0 Å². The van der Waals surface area contributed by atoms with Gasteiger partial charge in [0.05, 0.1) is 0 Å². The molecule has 3 heteroatoms. The molecule has 1 atom stereocenters. The van der Waals surface area contributed by atoms with Gasteiger partial charge in [-0.15, -0.1) is 0 Å². The molecule has 0 aliphatic heterocycles. The number of carbonyl (C=O) groups excluding carboxylic acids is 1. The van der Waals surface area contributed by atoms with Gasteiger partial charge in [0.1, 0.15) is 0 Å². The average Bonchev–Trinajstić information content (AvgIpc) is 2.29. The Balaban J connectivity index is 2.25. The first kappa shape index (κ1) is 13.7. The SMILES string of the molecule is CC(C)NC(=O)CCN[C@@H](C)c1ccccc1. The molecular formula is C14H22N2O. The fraction of sp³-hybridized carbons (Fsp3) is 0.500. The molecule has 0 aromatic heterocycles. The Morgan fingerprint density at radius 1 is 1.18 bits per heavy atom. The number of nitrogens with one attached hydrogen (secondary N) is 2. The van der Waals surface area contributed by atoms with Gasteiger partial charge in [-0.2, -0.15) is 0 Å². The predicted molar refractivity (Wildman–Crippen MR) is 70.8 cm³/mol. The van der Waals surface area contributed by atoms with Crippen molar-refractivity contribution >= 4 is 5.91 Å². The molecule has 3 nitrogen and oxygen atoms in total. The molecule has 0 aliphatic carbocycles. The lowest BCUT2D eigenvalue weighted by Gasteiger charge is -2.14. The predicted octanol–water partition coefficient (Wildman–Crippen LogP) is 2.25. The van der Waals surface area contributed by atoms with E-state index in [4.69, 9.17) is 0 Å². The Labute approximate surface area is 104 Å². The standard InChI is InChI=1S/C14H22N2O/c1-11(2)16-14(17)9-10-15-12(3)13-7-5-4-6-8-13/h4-8,11-12,15H,9-10H2,1-3H3,(H,16,17)/t12-/m0/s1. The second-order valence-electron chi connectivity index (χ2n) is 4.56. The third-order valence-electron chi connectivity index (χ3n) is 2.55. The third-order valence-corrected chi connectivity index (χ3v) is 2.55. The molecule has 1 rings (SSSR count). The van der Waals surface area contributed by atoms with Crippen molar-refractivity contribution in [1.29, 1.82) is 0 Å². The van der Waals surface area contributed by atoms with E-state index >= 15 is 0 Å². The van der Waals surface area contributed by atoms with Gasteiger partial charge >= 0.3 is 0 Å². The van der Waals surface area contributed by atoms with Crippen molar-refractivity contribution < 1.29 is 4.79 Å². The molecule has 1 amide bonds. The summed E-state index contributed by atoms with van der Waals surface area (Å²) in [6.07, 6.45) is 0.523. The van der Waals surface area contributed by atoms with Gasteiger partial charge in [-0.05, 0) is 26.3 Å². The van der Waals surface area contributed by atoms with E-state index < -0.39 is 0 Å². The molecule has 0 spiro atoms. The Morgan fingerprint density at radius 2 is 1.82 bits per heavy atom. The van der Waals surface area contributed by atoms with Crippen LogP contribution in [0.15, 0.2) is 30.3 Å². The molecule has 0 heterocycles. The summed E-state index contributed by atoms with van der Waals surface area (Å²) in [5.41, 5.74) is 1.25. The smallest absolute Gasteiger partial charge is 0.221 e. The lowest BCUT2D eigenvalue weighted by atomic mass is 10.1. The molecule has 0 bridgehead atoms. The van der Waals surface area contributed by atoms with Gasteiger partial charge in [0.15, 0.2) is 0 Å². The van der Waals surface area contributed by atoms with Crippen LogP contribution in [0.25, 0.3) is 0 Å². The zero-order valence-electron chi connectivity index (χ0n) is 10.9. The summed E-state index contributed by atoms with van der Waals surface area (Å²) in [5, 5.41) is 6.22. The average molecular weight is 234 g/mol. The van der Waals surface area contributed by atoms with Crippen LogP contribution < -0.4 is 10.6 Å². The van der Waals surface area contributed by atoms with Crippen LogP contribution in [0.3, 0.4) is 0 Å². The first-order valence-electron chi connectivity index (χ1n) is 6.17. The van der Waals surface area contributed by atoms with Crippen LogP contribution in [0.5, 0.6) is 0 Å². The van der Waals surface area contributed by atoms with E-state index in [0.29, 0.717) is 13.0 Å². The highest BCUT2D eigenvalue weighted by atomic mass is 16.1. The molecule has 0 fully saturated rings. The van der Waals surface area contributed by atoms with Crippen molar-refractivity contribution in [2.75, 3.05) is 6.54 Å². The van der Waals surface area contributed by atoms with E-state index in [0.717, 1.165) is 0 Å². The number of rotatable bonds is 6. The van der Waals surface area contributed by atoms with Crippen molar-refractivity contribution in [3.8, 4) is 0 Å². The van der Waals surface area contributed by atoms with Crippen molar-refractivity contribution in [2.45, 2.75) is 39.3 Å². The summed E-state index contributed by atoms with van der Waals surface area (Å²) in [6, 6.07) is 10.7. The number of hydrogen-bond donors (Lipinski definition) is 2. The van der Waals surface area contributed by atoms with E-state index in [1.807, 2.05) is 32.0 Å².